The number of amides is 3. The zero-order valence-corrected chi connectivity index (χ0v) is 31.3. The predicted octanol–water partition coefficient (Wildman–Crippen LogP) is 0.542. The summed E-state index contributed by atoms with van der Waals surface area (Å²) in [5.41, 5.74) is -0.382. The van der Waals surface area contributed by atoms with E-state index in [0.29, 0.717) is 43.1 Å². The first kappa shape index (κ1) is 43.8. The van der Waals surface area contributed by atoms with E-state index in [9.17, 15) is 39.6 Å². The van der Waals surface area contributed by atoms with E-state index in [1.165, 1.54) is 13.0 Å². The third-order valence-electron chi connectivity index (χ3n) is 9.01. The molecule has 16 nitrogen and oxygen atoms in total. The van der Waals surface area contributed by atoms with Gasteiger partial charge in [0, 0.05) is 51.5 Å². The molecule has 298 valence electrons. The number of aliphatic hydroxyl groups excluding tert-OH is 3. The summed E-state index contributed by atoms with van der Waals surface area (Å²) in [5.74, 6) is -2.58. The first-order chi connectivity index (χ1) is 25.2. The van der Waals surface area contributed by atoms with Gasteiger partial charge in [-0.2, -0.15) is 0 Å². The zero-order chi connectivity index (χ0) is 39.1. The van der Waals surface area contributed by atoms with Crippen molar-refractivity contribution in [2.75, 3.05) is 52.8 Å². The van der Waals surface area contributed by atoms with Crippen LogP contribution in [0, 0.1) is 19.8 Å². The van der Waals surface area contributed by atoms with Gasteiger partial charge < -0.3 is 60.1 Å². The third kappa shape index (κ3) is 13.0. The Bertz CT molecular complexity index is 1380. The number of hydrogen-bond donors (Lipinski definition) is 7. The smallest absolute Gasteiger partial charge is 0.336 e. The van der Waals surface area contributed by atoms with E-state index in [1.54, 1.807) is 39.0 Å². The van der Waals surface area contributed by atoms with Gasteiger partial charge in [0.1, 0.15) is 18.0 Å². The lowest BCUT2D eigenvalue weighted by Crippen LogP contribution is -2.67. The Morgan fingerprint density at radius 1 is 1.04 bits per heavy atom. The minimum atomic E-state index is -2.05. The average Bonchev–Trinajstić information content (AvgIpc) is 3.10. The summed E-state index contributed by atoms with van der Waals surface area (Å²) in [4.78, 5) is 50.7. The van der Waals surface area contributed by atoms with Crippen LogP contribution in [0.2, 0.25) is 0 Å². The first-order valence-electron chi connectivity index (χ1n) is 18.1. The molecular formula is C37H57N3O13. The lowest BCUT2D eigenvalue weighted by atomic mass is 9.81. The fourth-order valence-corrected chi connectivity index (χ4v) is 6.20. The van der Waals surface area contributed by atoms with Crippen LogP contribution in [0.3, 0.4) is 0 Å². The van der Waals surface area contributed by atoms with Crippen molar-refractivity contribution in [3.8, 4) is 5.75 Å². The number of fused-ring (bicyclic) bond motifs is 17. The highest BCUT2D eigenvalue weighted by molar-refractivity contribution is 5.95. The standard InChI is InChI=1S/C37H57N3O13/c1-6-11-49-19-24(4)34(45)40-27-20-50-12-8-7-10-37(36(47)48)17-28(42)30(39-25(5)41)33(53-37)31(44)29(43)18-38-35(46)26-15-22(2)32(23(3)16-26)52-14-9-13-51-21-27/h7-8,15-16,24,27-31,33,42-44H,6,9-14,17-21H2,1-5H3,(H,38,46)(H,39,41)(H,40,45)(H,47,48)/b8-7+/t24-,27+,28-,29+,30+,31+,33?,37+/m0/s1. The van der Waals surface area contributed by atoms with Gasteiger partial charge in [-0.05, 0) is 43.5 Å². The fraction of sp³-hybridized carbons (Fsp3) is 0.676. The molecule has 4 rings (SSSR count). The molecule has 0 aromatic heterocycles. The number of hydrogen-bond acceptors (Lipinski definition) is 12. The van der Waals surface area contributed by atoms with Crippen molar-refractivity contribution in [2.45, 2.75) is 102 Å². The highest BCUT2D eigenvalue weighted by Gasteiger charge is 2.54. The van der Waals surface area contributed by atoms with Gasteiger partial charge >= 0.3 is 5.97 Å². The van der Waals surface area contributed by atoms with Gasteiger partial charge in [-0.3, -0.25) is 14.4 Å². The van der Waals surface area contributed by atoms with E-state index < -0.39 is 78.8 Å². The largest absolute Gasteiger partial charge is 0.493 e. The molecule has 3 heterocycles. The summed E-state index contributed by atoms with van der Waals surface area (Å²) in [6.45, 7) is 9.80. The molecule has 0 saturated carbocycles. The Balaban J connectivity index is 1.86. The summed E-state index contributed by atoms with van der Waals surface area (Å²) in [6, 6.07) is 1.47. The lowest BCUT2D eigenvalue weighted by molar-refractivity contribution is -0.226. The number of carbonyl (C=O) groups excluding carboxylic acids is 3. The molecule has 4 bridgehead atoms. The highest BCUT2D eigenvalue weighted by atomic mass is 16.6. The zero-order valence-electron chi connectivity index (χ0n) is 31.3. The normalized spacial score (nSPS) is 29.3. The first-order valence-corrected chi connectivity index (χ1v) is 18.1. The second kappa shape index (κ2) is 21.3. The van der Waals surface area contributed by atoms with Crippen LogP contribution in [0.25, 0.3) is 0 Å². The Labute approximate surface area is 310 Å². The van der Waals surface area contributed by atoms with Crippen molar-refractivity contribution in [2.24, 2.45) is 5.92 Å². The fourth-order valence-electron chi connectivity index (χ4n) is 6.20. The maximum atomic E-state index is 13.1. The monoisotopic (exact) mass is 751 g/mol. The molecule has 53 heavy (non-hydrogen) atoms. The molecule has 1 aromatic rings. The maximum Gasteiger partial charge on any atom is 0.336 e. The number of aliphatic carboxylic acids is 1. The Hall–Kier alpha value is -3.64. The molecular weight excluding hydrogens is 694 g/mol. The number of nitrogens with one attached hydrogen (secondary N) is 3. The summed E-state index contributed by atoms with van der Waals surface area (Å²) in [6.07, 6.45) is -2.86. The van der Waals surface area contributed by atoms with Crippen molar-refractivity contribution in [1.29, 1.82) is 0 Å². The SMILES string of the molecule is CCCOC[C@H](C)C(=O)N[C@@H]1COC/C=C/C[C@]2(C(=O)O)C[C@H](O)[C@@H](NC(C)=O)C(O2)[C@H](O)[C@H](O)CNC(=O)c2cc(C)c(c(C)c2)OCCCOC1. The number of aryl methyl sites for hydroxylation is 2. The van der Waals surface area contributed by atoms with E-state index in [0.717, 1.165) is 6.42 Å². The van der Waals surface area contributed by atoms with E-state index in [1.807, 2.05) is 6.92 Å². The molecule has 3 aliphatic heterocycles. The van der Waals surface area contributed by atoms with Gasteiger partial charge in [-0.25, -0.2) is 4.79 Å². The quantitative estimate of drug-likeness (QED) is 0.142. The Kier molecular flexibility index (Phi) is 17.6. The van der Waals surface area contributed by atoms with Gasteiger partial charge in [0.15, 0.2) is 5.60 Å². The molecule has 1 fully saturated rings. The maximum absolute atomic E-state index is 13.1. The second-order valence-electron chi connectivity index (χ2n) is 13.8. The topological polar surface area (TPSA) is 231 Å². The summed E-state index contributed by atoms with van der Waals surface area (Å²) >= 11 is 0. The van der Waals surface area contributed by atoms with E-state index in [-0.39, 0.29) is 44.3 Å². The van der Waals surface area contributed by atoms with Crippen LogP contribution < -0.4 is 20.7 Å². The second-order valence-corrected chi connectivity index (χ2v) is 13.8. The van der Waals surface area contributed by atoms with Crippen molar-refractivity contribution < 1.29 is 63.3 Å². The summed E-state index contributed by atoms with van der Waals surface area (Å²) in [5, 5.41) is 51.6. The van der Waals surface area contributed by atoms with Crippen LogP contribution in [0.4, 0.5) is 0 Å². The van der Waals surface area contributed by atoms with E-state index in [4.69, 9.17) is 23.7 Å². The average molecular weight is 752 g/mol. The minimum Gasteiger partial charge on any atom is -0.493 e. The number of benzene rings is 1. The summed E-state index contributed by atoms with van der Waals surface area (Å²) < 4.78 is 29.2. The van der Waals surface area contributed by atoms with Crippen molar-refractivity contribution in [1.82, 2.24) is 16.0 Å². The van der Waals surface area contributed by atoms with Crippen LogP contribution in [0.5, 0.6) is 5.75 Å². The minimum absolute atomic E-state index is 0.0317. The molecule has 0 radical (unpaired) electrons. The van der Waals surface area contributed by atoms with Crippen LogP contribution in [0.1, 0.15) is 67.9 Å². The number of carboxylic acid groups (broad SMARTS) is 1. The van der Waals surface area contributed by atoms with E-state index >= 15 is 0 Å². The molecule has 1 saturated heterocycles. The number of carboxylic acids is 1. The van der Waals surface area contributed by atoms with Crippen molar-refractivity contribution in [3.05, 3.63) is 41.0 Å². The van der Waals surface area contributed by atoms with Gasteiger partial charge in [0.05, 0.1) is 63.2 Å². The van der Waals surface area contributed by atoms with Crippen molar-refractivity contribution in [3.63, 3.8) is 0 Å². The van der Waals surface area contributed by atoms with Crippen LogP contribution in [0.15, 0.2) is 24.3 Å². The number of carbonyl (C=O) groups is 4. The van der Waals surface area contributed by atoms with Crippen LogP contribution in [-0.4, -0.2) is 139 Å². The predicted molar refractivity (Wildman–Crippen MR) is 191 cm³/mol. The van der Waals surface area contributed by atoms with Gasteiger partial charge in [0.25, 0.3) is 5.91 Å². The van der Waals surface area contributed by atoms with Crippen molar-refractivity contribution >= 4 is 23.7 Å². The van der Waals surface area contributed by atoms with E-state index in [2.05, 4.69) is 16.0 Å². The molecule has 0 aliphatic carbocycles. The van der Waals surface area contributed by atoms with Crippen LogP contribution in [-0.2, 0) is 33.3 Å². The Morgan fingerprint density at radius 3 is 2.40 bits per heavy atom. The third-order valence-corrected chi connectivity index (χ3v) is 9.01. The molecule has 3 aliphatic rings. The summed E-state index contributed by atoms with van der Waals surface area (Å²) in [7, 11) is 0. The number of ether oxygens (including phenoxy) is 5. The molecule has 1 unspecified atom stereocenters. The van der Waals surface area contributed by atoms with Crippen LogP contribution >= 0.6 is 0 Å². The molecule has 16 heteroatoms. The van der Waals surface area contributed by atoms with Gasteiger partial charge in [0.2, 0.25) is 11.8 Å². The lowest BCUT2D eigenvalue weighted by Gasteiger charge is -2.47. The molecule has 1 aromatic carbocycles. The van der Waals surface area contributed by atoms with Gasteiger partial charge in [-0.1, -0.05) is 26.0 Å². The highest BCUT2D eigenvalue weighted by Crippen LogP contribution is 2.35. The number of rotatable bonds is 8. The molecule has 0 spiro atoms. The molecule has 3 amide bonds. The molecule has 8 atom stereocenters. The molecule has 7 N–H and O–H groups in total. The van der Waals surface area contributed by atoms with Gasteiger partial charge in [-0.15, -0.1) is 0 Å². The Morgan fingerprint density at radius 2 is 1.74 bits per heavy atom. The number of aliphatic hydroxyl groups is 3.